The van der Waals surface area contributed by atoms with Crippen LogP contribution in [0.5, 0.6) is 5.75 Å². The van der Waals surface area contributed by atoms with Crippen LogP contribution in [0.25, 0.3) is 11.3 Å². The molecule has 0 aliphatic carbocycles. The Morgan fingerprint density at radius 3 is 2.91 bits per heavy atom. The molecule has 2 unspecified atom stereocenters. The van der Waals surface area contributed by atoms with E-state index in [0.717, 1.165) is 29.3 Å². The van der Waals surface area contributed by atoms with Crippen molar-refractivity contribution in [2.75, 3.05) is 13.7 Å². The van der Waals surface area contributed by atoms with Crippen LogP contribution < -0.4 is 10.1 Å². The van der Waals surface area contributed by atoms with Gasteiger partial charge in [0.05, 0.1) is 25.0 Å². The Morgan fingerprint density at radius 1 is 1.24 bits per heavy atom. The molecule has 0 spiro atoms. The third kappa shape index (κ3) is 5.38. The van der Waals surface area contributed by atoms with Crippen molar-refractivity contribution in [3.8, 4) is 17.0 Å². The standard InChI is InChI=1S/C23H27BrN4O5/c1-32-23(31)27-16-6-3-2-4-8-20(29)33-19-12-14(24)9-10-15(19)17-13-25-21(26-17)18-7-5-11-28(18)22(16)30/h9-10,12-13,16,18H,2-8,11H2,1H3,(H,25,26)(H,27,31). The lowest BCUT2D eigenvalue weighted by Crippen LogP contribution is -2.48. The van der Waals surface area contributed by atoms with Crippen LogP contribution in [0.1, 0.15) is 56.8 Å². The van der Waals surface area contributed by atoms with Gasteiger partial charge >= 0.3 is 12.1 Å². The van der Waals surface area contributed by atoms with Gasteiger partial charge in [-0.2, -0.15) is 0 Å². The number of rotatable bonds is 1. The van der Waals surface area contributed by atoms with Crippen LogP contribution in [0.2, 0.25) is 0 Å². The maximum absolute atomic E-state index is 13.4. The Hall–Kier alpha value is -2.88. The number of fused-ring (bicyclic) bond motifs is 6. The first-order valence-electron chi connectivity index (χ1n) is 11.2. The number of aromatic nitrogens is 2. The van der Waals surface area contributed by atoms with E-state index in [0.29, 0.717) is 43.1 Å². The van der Waals surface area contributed by atoms with Crippen LogP contribution >= 0.6 is 15.9 Å². The predicted molar refractivity (Wildman–Crippen MR) is 123 cm³/mol. The van der Waals surface area contributed by atoms with Gasteiger partial charge in [-0.05, 0) is 43.9 Å². The first-order chi connectivity index (χ1) is 16.0. The molecular weight excluding hydrogens is 492 g/mol. The number of nitrogens with one attached hydrogen (secondary N) is 2. The van der Waals surface area contributed by atoms with E-state index in [1.54, 1.807) is 17.2 Å². The Bertz CT molecular complexity index is 1040. The second-order valence-corrected chi connectivity index (χ2v) is 9.19. The molecule has 176 valence electrons. The first-order valence-corrected chi connectivity index (χ1v) is 12.0. The molecule has 2 aromatic rings. The molecule has 9 nitrogen and oxygen atoms in total. The summed E-state index contributed by atoms with van der Waals surface area (Å²) in [6, 6.07) is 4.60. The summed E-state index contributed by atoms with van der Waals surface area (Å²) in [6.07, 6.45) is 5.44. The van der Waals surface area contributed by atoms with Crippen LogP contribution in [-0.4, -0.2) is 52.5 Å². The van der Waals surface area contributed by atoms with Crippen molar-refractivity contribution in [2.24, 2.45) is 0 Å². The lowest BCUT2D eigenvalue weighted by Gasteiger charge is -2.28. The molecular formula is C23H27BrN4O5. The molecule has 3 heterocycles. The van der Waals surface area contributed by atoms with Crippen LogP contribution in [-0.2, 0) is 14.3 Å². The smallest absolute Gasteiger partial charge is 0.407 e. The predicted octanol–water partition coefficient (Wildman–Crippen LogP) is 4.10. The van der Waals surface area contributed by atoms with Gasteiger partial charge in [0.1, 0.15) is 17.6 Å². The fraction of sp³-hybridized carbons (Fsp3) is 0.478. The number of methoxy groups -OCH3 is 1. The summed E-state index contributed by atoms with van der Waals surface area (Å²) in [4.78, 5) is 47.4. The van der Waals surface area contributed by atoms with Crippen LogP contribution in [0.15, 0.2) is 28.9 Å². The van der Waals surface area contributed by atoms with Crippen LogP contribution in [0.3, 0.4) is 0 Å². The molecule has 10 heteroatoms. The quantitative estimate of drug-likeness (QED) is 0.434. The van der Waals surface area contributed by atoms with Crippen LogP contribution in [0, 0.1) is 0 Å². The number of alkyl carbamates (subject to hydrolysis) is 1. The fourth-order valence-electron chi connectivity index (χ4n) is 4.39. The number of imidazole rings is 1. The number of aromatic amines is 1. The van der Waals surface area contributed by atoms with Gasteiger partial charge < -0.3 is 24.7 Å². The van der Waals surface area contributed by atoms with E-state index in [-0.39, 0.29) is 24.3 Å². The largest absolute Gasteiger partial charge is 0.453 e. The molecule has 1 fully saturated rings. The van der Waals surface area contributed by atoms with Gasteiger partial charge in [-0.3, -0.25) is 9.59 Å². The highest BCUT2D eigenvalue weighted by molar-refractivity contribution is 9.10. The van der Waals surface area contributed by atoms with E-state index in [4.69, 9.17) is 9.47 Å². The number of H-pyrrole nitrogens is 1. The van der Waals surface area contributed by atoms with Gasteiger partial charge in [0.2, 0.25) is 5.91 Å². The molecule has 1 aromatic heterocycles. The minimum absolute atomic E-state index is 0.142. The second kappa shape index (κ2) is 10.4. The van der Waals surface area contributed by atoms with Crippen molar-refractivity contribution < 1.29 is 23.9 Å². The van der Waals surface area contributed by atoms with Crippen molar-refractivity contribution in [2.45, 2.75) is 57.0 Å². The average Bonchev–Trinajstić information content (AvgIpc) is 3.46. The van der Waals surface area contributed by atoms with Crippen molar-refractivity contribution in [1.29, 1.82) is 0 Å². The zero-order valence-electron chi connectivity index (χ0n) is 18.4. The van der Waals surface area contributed by atoms with E-state index >= 15 is 0 Å². The second-order valence-electron chi connectivity index (χ2n) is 8.27. The molecule has 1 aromatic carbocycles. The van der Waals surface area contributed by atoms with E-state index in [9.17, 15) is 14.4 Å². The lowest BCUT2D eigenvalue weighted by atomic mass is 10.1. The van der Waals surface area contributed by atoms with E-state index < -0.39 is 12.1 Å². The zero-order chi connectivity index (χ0) is 23.4. The molecule has 2 atom stereocenters. The Balaban J connectivity index is 1.68. The summed E-state index contributed by atoms with van der Waals surface area (Å²) >= 11 is 3.44. The first kappa shape index (κ1) is 23.3. The number of carbonyl (C=O) groups is 3. The molecule has 1 saturated heterocycles. The number of benzene rings is 1. The topological polar surface area (TPSA) is 114 Å². The lowest BCUT2D eigenvalue weighted by molar-refractivity contribution is -0.135. The average molecular weight is 519 g/mol. The SMILES string of the molecule is COC(=O)NC1CCCCCC(=O)Oc2cc(Br)ccc2-c2cnc([nH]2)C2CCCN2C1=O. The number of carbonyl (C=O) groups excluding carboxylic acids is 3. The van der Waals surface area contributed by atoms with Crippen molar-refractivity contribution in [3.63, 3.8) is 0 Å². The van der Waals surface area contributed by atoms with Gasteiger partial charge in [-0.25, -0.2) is 9.78 Å². The highest BCUT2D eigenvalue weighted by atomic mass is 79.9. The summed E-state index contributed by atoms with van der Waals surface area (Å²) in [7, 11) is 1.28. The Kier molecular flexibility index (Phi) is 7.32. The van der Waals surface area contributed by atoms with E-state index in [2.05, 4.69) is 31.2 Å². The summed E-state index contributed by atoms with van der Waals surface area (Å²) in [5.41, 5.74) is 1.43. The van der Waals surface area contributed by atoms with Crippen LogP contribution in [0.4, 0.5) is 4.79 Å². The van der Waals surface area contributed by atoms with Crippen molar-refractivity contribution >= 4 is 33.9 Å². The molecule has 2 aliphatic rings. The molecule has 2 N–H and O–H groups in total. The number of ether oxygens (including phenoxy) is 2. The number of hydrogen-bond donors (Lipinski definition) is 2. The number of esters is 1. The fourth-order valence-corrected chi connectivity index (χ4v) is 4.73. The molecule has 2 amide bonds. The number of halogens is 1. The molecule has 4 rings (SSSR count). The van der Waals surface area contributed by atoms with Crippen molar-refractivity contribution in [1.82, 2.24) is 20.2 Å². The summed E-state index contributed by atoms with van der Waals surface area (Å²) in [5.74, 6) is 0.665. The highest BCUT2D eigenvalue weighted by Crippen LogP contribution is 2.36. The molecule has 2 aliphatic heterocycles. The van der Waals surface area contributed by atoms with Gasteiger partial charge in [-0.15, -0.1) is 0 Å². The maximum Gasteiger partial charge on any atom is 0.407 e. The van der Waals surface area contributed by atoms with Crippen molar-refractivity contribution in [3.05, 3.63) is 34.7 Å². The minimum atomic E-state index is -0.689. The summed E-state index contributed by atoms with van der Waals surface area (Å²) in [6.45, 7) is 0.597. The Morgan fingerprint density at radius 2 is 2.09 bits per heavy atom. The molecule has 2 bridgehead atoms. The van der Waals surface area contributed by atoms with Gasteiger partial charge in [0, 0.05) is 23.0 Å². The van der Waals surface area contributed by atoms with Gasteiger partial charge in [0.15, 0.2) is 0 Å². The zero-order valence-corrected chi connectivity index (χ0v) is 20.0. The third-order valence-electron chi connectivity index (χ3n) is 6.05. The maximum atomic E-state index is 13.4. The summed E-state index contributed by atoms with van der Waals surface area (Å²) in [5, 5.41) is 2.68. The van der Waals surface area contributed by atoms with Gasteiger partial charge in [-0.1, -0.05) is 28.8 Å². The van der Waals surface area contributed by atoms with Gasteiger partial charge in [0.25, 0.3) is 0 Å². The molecule has 33 heavy (non-hydrogen) atoms. The molecule has 0 radical (unpaired) electrons. The normalized spacial score (nSPS) is 21.7. The highest BCUT2D eigenvalue weighted by Gasteiger charge is 2.36. The summed E-state index contributed by atoms with van der Waals surface area (Å²) < 4.78 is 11.2. The number of hydrogen-bond acceptors (Lipinski definition) is 6. The number of amides is 2. The minimum Gasteiger partial charge on any atom is -0.453 e. The monoisotopic (exact) mass is 518 g/mol. The molecule has 0 saturated carbocycles. The Labute approximate surface area is 200 Å². The van der Waals surface area contributed by atoms with E-state index in [1.165, 1.54) is 7.11 Å². The van der Waals surface area contributed by atoms with E-state index in [1.807, 2.05) is 12.1 Å². The third-order valence-corrected chi connectivity index (χ3v) is 6.55. The number of nitrogens with zero attached hydrogens (tertiary/aromatic N) is 2.